The van der Waals surface area contributed by atoms with E-state index in [1.807, 2.05) is 31.2 Å². The van der Waals surface area contributed by atoms with Crippen molar-refractivity contribution in [1.82, 2.24) is 4.90 Å². The van der Waals surface area contributed by atoms with Gasteiger partial charge < -0.3 is 18.8 Å². The normalized spacial score (nSPS) is 16.5. The first-order chi connectivity index (χ1) is 12.5. The molecule has 1 aliphatic rings. The van der Waals surface area contributed by atoms with Gasteiger partial charge in [0.2, 0.25) is 5.91 Å². The van der Waals surface area contributed by atoms with Crippen molar-refractivity contribution in [2.24, 2.45) is 0 Å². The van der Waals surface area contributed by atoms with Crippen molar-refractivity contribution in [3.63, 3.8) is 0 Å². The number of nitrogens with zero attached hydrogens (tertiary/aromatic N) is 1. The number of benzene rings is 1. The molecule has 0 spiro atoms. The van der Waals surface area contributed by atoms with E-state index in [4.69, 9.17) is 13.9 Å². The molecule has 3 rings (SSSR count). The van der Waals surface area contributed by atoms with Gasteiger partial charge in [-0.05, 0) is 31.5 Å². The molecule has 0 bridgehead atoms. The Morgan fingerprint density at radius 1 is 1.23 bits per heavy atom. The Labute approximate surface area is 152 Å². The van der Waals surface area contributed by atoms with Crippen LogP contribution in [0.25, 0.3) is 0 Å². The summed E-state index contributed by atoms with van der Waals surface area (Å²) in [4.78, 5) is 25.7. The number of carbonyl (C=O) groups excluding carboxylic acids is 1. The predicted octanol–water partition coefficient (Wildman–Crippen LogP) is 2.57. The third kappa shape index (κ3) is 4.65. The quantitative estimate of drug-likeness (QED) is 0.795. The molecular weight excluding hydrogens is 334 g/mol. The number of hydrogen-bond acceptors (Lipinski definition) is 5. The van der Waals surface area contributed by atoms with Gasteiger partial charge in [0, 0.05) is 19.0 Å². The van der Waals surface area contributed by atoms with Crippen LogP contribution >= 0.6 is 0 Å². The number of hydrogen-bond donors (Lipinski definition) is 0. The van der Waals surface area contributed by atoms with Crippen LogP contribution in [0, 0.1) is 6.92 Å². The molecule has 1 fully saturated rings. The molecule has 2 heterocycles. The van der Waals surface area contributed by atoms with Crippen molar-refractivity contribution in [1.29, 1.82) is 0 Å². The fourth-order valence-electron chi connectivity index (χ4n) is 3.04. The van der Waals surface area contributed by atoms with Gasteiger partial charge in [0.1, 0.15) is 23.4 Å². The smallest absolute Gasteiger partial charge is 0.339 e. The molecule has 1 atom stereocenters. The predicted molar refractivity (Wildman–Crippen MR) is 96.6 cm³/mol. The number of rotatable bonds is 6. The maximum absolute atomic E-state index is 12.5. The third-order valence-corrected chi connectivity index (χ3v) is 4.26. The Balaban J connectivity index is 1.54. The lowest BCUT2D eigenvalue weighted by Crippen LogP contribution is -2.32. The zero-order chi connectivity index (χ0) is 18.5. The van der Waals surface area contributed by atoms with Crippen molar-refractivity contribution in [2.75, 3.05) is 19.7 Å². The third-order valence-electron chi connectivity index (χ3n) is 4.26. The first-order valence-corrected chi connectivity index (χ1v) is 8.81. The van der Waals surface area contributed by atoms with Gasteiger partial charge >= 0.3 is 5.63 Å². The summed E-state index contributed by atoms with van der Waals surface area (Å²) >= 11 is 0. The second kappa shape index (κ2) is 8.08. The first kappa shape index (κ1) is 18.0. The van der Waals surface area contributed by atoms with Crippen LogP contribution in [0.3, 0.4) is 0 Å². The van der Waals surface area contributed by atoms with Crippen LogP contribution in [0.1, 0.15) is 24.7 Å². The summed E-state index contributed by atoms with van der Waals surface area (Å²) in [6, 6.07) is 10.6. The highest BCUT2D eigenvalue weighted by Gasteiger charge is 2.27. The van der Waals surface area contributed by atoms with Crippen LogP contribution < -0.4 is 15.1 Å². The summed E-state index contributed by atoms with van der Waals surface area (Å²) in [6.45, 7) is 5.44. The molecule has 2 aromatic rings. The average Bonchev–Trinajstić information content (AvgIpc) is 3.04. The summed E-state index contributed by atoms with van der Waals surface area (Å²) in [5.41, 5.74) is 0.528. The molecular formula is C20H23NO5. The van der Waals surface area contributed by atoms with E-state index in [9.17, 15) is 9.59 Å². The fraction of sp³-hybridized carbons (Fsp3) is 0.400. The zero-order valence-corrected chi connectivity index (χ0v) is 15.1. The van der Waals surface area contributed by atoms with Gasteiger partial charge in [-0.2, -0.15) is 0 Å². The minimum Gasteiger partial charge on any atom is -0.494 e. The number of likely N-dealkylation sites (tertiary alicyclic amines) is 1. The van der Waals surface area contributed by atoms with E-state index in [1.54, 1.807) is 17.9 Å². The molecule has 1 unspecified atom stereocenters. The van der Waals surface area contributed by atoms with Gasteiger partial charge in [0.25, 0.3) is 0 Å². The van der Waals surface area contributed by atoms with Crippen LogP contribution in [0.5, 0.6) is 11.5 Å². The van der Waals surface area contributed by atoms with Crippen molar-refractivity contribution in [2.45, 2.75) is 32.8 Å². The van der Waals surface area contributed by atoms with E-state index in [-0.39, 0.29) is 12.0 Å². The Morgan fingerprint density at radius 3 is 2.69 bits per heavy atom. The molecule has 1 aliphatic heterocycles. The number of amides is 1. The monoisotopic (exact) mass is 357 g/mol. The van der Waals surface area contributed by atoms with Crippen LogP contribution in [0.2, 0.25) is 0 Å². The topological polar surface area (TPSA) is 69.0 Å². The maximum Gasteiger partial charge on any atom is 0.339 e. The zero-order valence-electron chi connectivity index (χ0n) is 15.1. The van der Waals surface area contributed by atoms with E-state index in [1.165, 1.54) is 6.07 Å². The molecule has 0 N–H and O–H groups in total. The average molecular weight is 357 g/mol. The molecule has 1 aromatic heterocycles. The highest BCUT2D eigenvalue weighted by Crippen LogP contribution is 2.19. The highest BCUT2D eigenvalue weighted by atomic mass is 16.5. The fourth-order valence-corrected chi connectivity index (χ4v) is 3.04. The van der Waals surface area contributed by atoms with Crippen molar-refractivity contribution in [3.05, 3.63) is 58.1 Å². The van der Waals surface area contributed by atoms with Gasteiger partial charge in [0.05, 0.1) is 25.6 Å². The second-order valence-corrected chi connectivity index (χ2v) is 6.34. The lowest BCUT2D eigenvalue weighted by atomic mass is 10.1. The van der Waals surface area contributed by atoms with Gasteiger partial charge in [-0.1, -0.05) is 12.1 Å². The first-order valence-electron chi connectivity index (χ1n) is 8.81. The Morgan fingerprint density at radius 2 is 2.00 bits per heavy atom. The SMILES string of the molecule is CCOc1ccc(CC(=O)N2CCC(Oc3cc(C)oc(=O)c3)C2)cc1. The molecule has 0 saturated carbocycles. The minimum atomic E-state index is -0.429. The van der Waals surface area contributed by atoms with E-state index in [2.05, 4.69) is 0 Å². The van der Waals surface area contributed by atoms with Gasteiger partial charge in [0.15, 0.2) is 0 Å². The molecule has 6 nitrogen and oxygen atoms in total. The summed E-state index contributed by atoms with van der Waals surface area (Å²) < 4.78 is 16.2. The standard InChI is InChI=1S/C20H23NO5/c1-3-24-16-6-4-15(5-7-16)11-19(22)21-9-8-17(13-21)26-18-10-14(2)25-20(23)12-18/h4-7,10,12,17H,3,8-9,11,13H2,1-2H3. The van der Waals surface area contributed by atoms with Crippen LogP contribution in [-0.4, -0.2) is 36.6 Å². The van der Waals surface area contributed by atoms with E-state index < -0.39 is 5.63 Å². The van der Waals surface area contributed by atoms with Gasteiger partial charge in [-0.25, -0.2) is 4.79 Å². The van der Waals surface area contributed by atoms with Crippen LogP contribution in [0.4, 0.5) is 0 Å². The van der Waals surface area contributed by atoms with Gasteiger partial charge in [-0.3, -0.25) is 4.79 Å². The number of aryl methyl sites for hydroxylation is 1. The molecule has 1 saturated heterocycles. The molecule has 1 aromatic carbocycles. The van der Waals surface area contributed by atoms with Crippen LogP contribution in [0.15, 0.2) is 45.6 Å². The molecule has 138 valence electrons. The summed E-state index contributed by atoms with van der Waals surface area (Å²) in [7, 11) is 0. The van der Waals surface area contributed by atoms with Crippen molar-refractivity contribution >= 4 is 5.91 Å². The Hall–Kier alpha value is -2.76. The molecule has 1 amide bonds. The second-order valence-electron chi connectivity index (χ2n) is 6.34. The summed E-state index contributed by atoms with van der Waals surface area (Å²) in [6.07, 6.45) is 0.988. The minimum absolute atomic E-state index is 0.0732. The molecule has 0 aliphatic carbocycles. The van der Waals surface area contributed by atoms with E-state index in [0.29, 0.717) is 37.6 Å². The van der Waals surface area contributed by atoms with E-state index >= 15 is 0 Å². The molecule has 26 heavy (non-hydrogen) atoms. The summed E-state index contributed by atoms with van der Waals surface area (Å²) in [5.74, 6) is 1.88. The number of carbonyl (C=O) groups is 1. The van der Waals surface area contributed by atoms with Crippen molar-refractivity contribution in [3.8, 4) is 11.5 Å². The largest absolute Gasteiger partial charge is 0.494 e. The van der Waals surface area contributed by atoms with Gasteiger partial charge in [-0.15, -0.1) is 0 Å². The maximum atomic E-state index is 12.5. The number of ether oxygens (including phenoxy) is 2. The summed E-state index contributed by atoms with van der Waals surface area (Å²) in [5, 5.41) is 0. The lowest BCUT2D eigenvalue weighted by Gasteiger charge is -2.17. The van der Waals surface area contributed by atoms with E-state index in [0.717, 1.165) is 17.7 Å². The van der Waals surface area contributed by atoms with Crippen LogP contribution in [-0.2, 0) is 11.2 Å². The Bertz CT molecular complexity index is 812. The molecule has 6 heteroatoms. The lowest BCUT2D eigenvalue weighted by molar-refractivity contribution is -0.129. The van der Waals surface area contributed by atoms with Crippen molar-refractivity contribution < 1.29 is 18.7 Å². The highest BCUT2D eigenvalue weighted by molar-refractivity contribution is 5.79. The Kier molecular flexibility index (Phi) is 5.61. The molecule has 0 radical (unpaired) electrons.